The van der Waals surface area contributed by atoms with E-state index in [1.54, 1.807) is 54.6 Å². The molecule has 3 aromatic carbocycles. The van der Waals surface area contributed by atoms with E-state index in [1.807, 2.05) is 6.92 Å². The number of hydrogen-bond donors (Lipinski definition) is 2. The van der Waals surface area contributed by atoms with Gasteiger partial charge in [0.05, 0.1) is 11.6 Å². The van der Waals surface area contributed by atoms with E-state index < -0.39 is 15.9 Å². The van der Waals surface area contributed by atoms with Crippen molar-refractivity contribution in [3.63, 3.8) is 0 Å². The van der Waals surface area contributed by atoms with Crippen molar-refractivity contribution in [2.45, 2.75) is 11.8 Å². The molecule has 1 amide bonds. The van der Waals surface area contributed by atoms with Gasteiger partial charge < -0.3 is 10.1 Å². The van der Waals surface area contributed by atoms with Crippen LogP contribution in [0.5, 0.6) is 5.75 Å². The molecule has 0 radical (unpaired) electrons. The molecule has 3 aromatic rings. The lowest BCUT2D eigenvalue weighted by Crippen LogP contribution is -2.16. The number of sulfonamides is 1. The van der Waals surface area contributed by atoms with Gasteiger partial charge in [-0.2, -0.15) is 0 Å². The van der Waals surface area contributed by atoms with E-state index in [1.165, 1.54) is 18.2 Å². The van der Waals surface area contributed by atoms with E-state index in [2.05, 4.69) is 10.0 Å². The van der Waals surface area contributed by atoms with E-state index in [9.17, 15) is 13.2 Å². The van der Waals surface area contributed by atoms with Gasteiger partial charge in [-0.05, 0) is 61.5 Å². The standard InChI is InChI=1S/C21H19ClN2O4S/c1-2-28-18-11-9-16(10-12-18)23-21(25)15-8-13-19(22)20(14-15)29(26,27)24-17-6-4-3-5-7-17/h3-14,24H,2H2,1H3,(H,23,25). The molecule has 0 unspecified atom stereocenters. The molecule has 0 aliphatic rings. The van der Waals surface area contributed by atoms with Gasteiger partial charge in [0.1, 0.15) is 10.6 Å². The minimum atomic E-state index is -3.96. The van der Waals surface area contributed by atoms with E-state index in [0.29, 0.717) is 23.7 Å². The summed E-state index contributed by atoms with van der Waals surface area (Å²) < 4.78 is 33.2. The zero-order chi connectivity index (χ0) is 20.9. The Balaban J connectivity index is 1.81. The normalized spacial score (nSPS) is 11.0. The largest absolute Gasteiger partial charge is 0.494 e. The zero-order valence-electron chi connectivity index (χ0n) is 15.6. The maximum atomic E-state index is 12.7. The van der Waals surface area contributed by atoms with Crippen molar-refractivity contribution in [2.24, 2.45) is 0 Å². The Kier molecular flexibility index (Phi) is 6.41. The molecule has 2 N–H and O–H groups in total. The van der Waals surface area contributed by atoms with Crippen LogP contribution in [-0.2, 0) is 10.0 Å². The average Bonchev–Trinajstić information content (AvgIpc) is 2.70. The third-order valence-electron chi connectivity index (χ3n) is 3.93. The molecule has 0 fully saturated rings. The molecule has 0 aliphatic carbocycles. The van der Waals surface area contributed by atoms with E-state index in [4.69, 9.17) is 16.3 Å². The Morgan fingerprint density at radius 3 is 2.31 bits per heavy atom. The van der Waals surface area contributed by atoms with Gasteiger partial charge in [0.2, 0.25) is 0 Å². The van der Waals surface area contributed by atoms with E-state index in [0.717, 1.165) is 0 Å². The average molecular weight is 431 g/mol. The van der Waals surface area contributed by atoms with Crippen LogP contribution in [0.3, 0.4) is 0 Å². The Bertz CT molecular complexity index is 1100. The van der Waals surface area contributed by atoms with Crippen LogP contribution in [0.4, 0.5) is 11.4 Å². The van der Waals surface area contributed by atoms with Crippen molar-refractivity contribution in [3.05, 3.63) is 83.4 Å². The number of rotatable bonds is 7. The molecule has 0 spiro atoms. The lowest BCUT2D eigenvalue weighted by atomic mass is 10.2. The van der Waals surface area contributed by atoms with Gasteiger partial charge in [0, 0.05) is 16.9 Å². The van der Waals surface area contributed by atoms with Crippen LogP contribution in [0, 0.1) is 0 Å². The van der Waals surface area contributed by atoms with Gasteiger partial charge in [-0.1, -0.05) is 29.8 Å². The van der Waals surface area contributed by atoms with Crippen LogP contribution in [0.15, 0.2) is 77.7 Å². The first-order valence-corrected chi connectivity index (χ1v) is 10.7. The Hall–Kier alpha value is -3.03. The van der Waals surface area contributed by atoms with Crippen molar-refractivity contribution in [1.82, 2.24) is 0 Å². The highest BCUT2D eigenvalue weighted by Gasteiger charge is 2.20. The smallest absolute Gasteiger partial charge is 0.263 e. The highest BCUT2D eigenvalue weighted by atomic mass is 35.5. The van der Waals surface area contributed by atoms with Gasteiger partial charge in [-0.25, -0.2) is 8.42 Å². The van der Waals surface area contributed by atoms with Crippen LogP contribution >= 0.6 is 11.6 Å². The minimum absolute atomic E-state index is 0.0195. The second kappa shape index (κ2) is 8.98. The van der Waals surface area contributed by atoms with Crippen molar-refractivity contribution in [1.29, 1.82) is 0 Å². The molecule has 0 saturated heterocycles. The monoisotopic (exact) mass is 430 g/mol. The fourth-order valence-electron chi connectivity index (χ4n) is 2.57. The summed E-state index contributed by atoms with van der Waals surface area (Å²) in [5, 5.41) is 2.74. The zero-order valence-corrected chi connectivity index (χ0v) is 17.1. The molecule has 8 heteroatoms. The Morgan fingerprint density at radius 1 is 0.966 bits per heavy atom. The lowest BCUT2D eigenvalue weighted by Gasteiger charge is -2.12. The minimum Gasteiger partial charge on any atom is -0.494 e. The molecule has 0 aliphatic heterocycles. The fraction of sp³-hybridized carbons (Fsp3) is 0.0952. The lowest BCUT2D eigenvalue weighted by molar-refractivity contribution is 0.102. The first kappa shape index (κ1) is 20.7. The van der Waals surface area contributed by atoms with Crippen LogP contribution < -0.4 is 14.8 Å². The second-order valence-corrected chi connectivity index (χ2v) is 8.09. The van der Waals surface area contributed by atoms with Crippen molar-refractivity contribution >= 4 is 38.9 Å². The first-order valence-electron chi connectivity index (χ1n) is 8.80. The predicted octanol–water partition coefficient (Wildman–Crippen LogP) is 4.79. The number of anilines is 2. The van der Waals surface area contributed by atoms with Crippen LogP contribution in [0.2, 0.25) is 5.02 Å². The molecule has 0 saturated carbocycles. The van der Waals surface area contributed by atoms with Crippen molar-refractivity contribution in [3.8, 4) is 5.75 Å². The third kappa shape index (κ3) is 5.28. The van der Waals surface area contributed by atoms with Crippen LogP contribution in [0.1, 0.15) is 17.3 Å². The number of benzene rings is 3. The van der Waals surface area contributed by atoms with Gasteiger partial charge in [0.15, 0.2) is 0 Å². The summed E-state index contributed by atoms with van der Waals surface area (Å²) in [6.07, 6.45) is 0. The fourth-order valence-corrected chi connectivity index (χ4v) is 4.16. The van der Waals surface area contributed by atoms with Crippen molar-refractivity contribution in [2.75, 3.05) is 16.6 Å². The molecule has 0 heterocycles. The number of halogens is 1. The van der Waals surface area contributed by atoms with Gasteiger partial charge in [-0.15, -0.1) is 0 Å². The molecular formula is C21H19ClN2O4S. The molecule has 3 rings (SSSR count). The number of para-hydroxylation sites is 1. The topological polar surface area (TPSA) is 84.5 Å². The van der Waals surface area contributed by atoms with Crippen LogP contribution in [0.25, 0.3) is 0 Å². The number of amides is 1. The summed E-state index contributed by atoms with van der Waals surface area (Å²) in [6, 6.07) is 19.4. The number of carbonyl (C=O) groups excluding carboxylic acids is 1. The molecular weight excluding hydrogens is 412 g/mol. The summed E-state index contributed by atoms with van der Waals surface area (Å²) in [4.78, 5) is 12.4. The summed E-state index contributed by atoms with van der Waals surface area (Å²) in [5.74, 6) is 0.236. The summed E-state index contributed by atoms with van der Waals surface area (Å²) in [7, 11) is -3.96. The second-order valence-electron chi connectivity index (χ2n) is 6.03. The SMILES string of the molecule is CCOc1ccc(NC(=O)c2ccc(Cl)c(S(=O)(=O)Nc3ccccc3)c2)cc1. The molecule has 0 aromatic heterocycles. The maximum absolute atomic E-state index is 12.7. The highest BCUT2D eigenvalue weighted by molar-refractivity contribution is 7.92. The molecule has 6 nitrogen and oxygen atoms in total. The number of carbonyl (C=O) groups is 1. The highest BCUT2D eigenvalue weighted by Crippen LogP contribution is 2.26. The van der Waals surface area contributed by atoms with Crippen LogP contribution in [-0.4, -0.2) is 20.9 Å². The maximum Gasteiger partial charge on any atom is 0.263 e. The van der Waals surface area contributed by atoms with E-state index >= 15 is 0 Å². The number of ether oxygens (including phenoxy) is 1. The van der Waals surface area contributed by atoms with Gasteiger partial charge in [-0.3, -0.25) is 9.52 Å². The van der Waals surface area contributed by atoms with E-state index in [-0.39, 0.29) is 15.5 Å². The number of hydrogen-bond acceptors (Lipinski definition) is 4. The molecule has 29 heavy (non-hydrogen) atoms. The quantitative estimate of drug-likeness (QED) is 0.564. The number of nitrogens with one attached hydrogen (secondary N) is 2. The van der Waals surface area contributed by atoms with Gasteiger partial charge in [0.25, 0.3) is 15.9 Å². The Morgan fingerprint density at radius 2 is 1.66 bits per heavy atom. The third-order valence-corrected chi connectivity index (χ3v) is 5.79. The first-order chi connectivity index (χ1) is 13.9. The van der Waals surface area contributed by atoms with Gasteiger partial charge >= 0.3 is 0 Å². The van der Waals surface area contributed by atoms with Crippen molar-refractivity contribution < 1.29 is 17.9 Å². The molecule has 0 atom stereocenters. The Labute approximate surface area is 174 Å². The summed E-state index contributed by atoms with van der Waals surface area (Å²) in [5.41, 5.74) is 1.12. The summed E-state index contributed by atoms with van der Waals surface area (Å²) in [6.45, 7) is 2.43. The summed E-state index contributed by atoms with van der Waals surface area (Å²) >= 11 is 6.09. The molecule has 150 valence electrons. The molecule has 0 bridgehead atoms. The predicted molar refractivity (Wildman–Crippen MR) is 114 cm³/mol.